The maximum absolute atomic E-state index is 13.3. The standard InChI is InChI=1S/C30H22Cl2FN3O4/c1-17-14-20(15-24-28(37)34-30(39)36(29(24)38)26-5-3-4-25(31)27(26)32)18(2)35(17)22-10-12-23(13-11-22)40-16-19-6-8-21(33)9-7-19/h3-15H,16H2,1-2H3,(H,34,37,39)/b24-15+. The number of urea groups is 1. The minimum Gasteiger partial charge on any atom is -0.489 e. The second-order valence-corrected chi connectivity index (χ2v) is 9.89. The summed E-state index contributed by atoms with van der Waals surface area (Å²) in [5.41, 5.74) is 3.80. The van der Waals surface area contributed by atoms with Crippen LogP contribution in [-0.2, 0) is 16.2 Å². The Morgan fingerprint density at radius 2 is 1.65 bits per heavy atom. The van der Waals surface area contributed by atoms with Gasteiger partial charge in [0.05, 0.1) is 15.7 Å². The van der Waals surface area contributed by atoms with Gasteiger partial charge in [0.1, 0.15) is 23.7 Å². The number of amides is 4. The summed E-state index contributed by atoms with van der Waals surface area (Å²) in [5, 5.41) is 2.38. The van der Waals surface area contributed by atoms with E-state index in [9.17, 15) is 18.8 Å². The number of ether oxygens (including phenoxy) is 1. The van der Waals surface area contributed by atoms with E-state index in [4.69, 9.17) is 27.9 Å². The molecule has 7 nitrogen and oxygen atoms in total. The first-order chi connectivity index (χ1) is 19.1. The van der Waals surface area contributed by atoms with Crippen molar-refractivity contribution >= 4 is 52.8 Å². The first kappa shape index (κ1) is 27.2. The fourth-order valence-corrected chi connectivity index (χ4v) is 4.85. The highest BCUT2D eigenvalue weighted by Crippen LogP contribution is 2.34. The van der Waals surface area contributed by atoms with Crippen molar-refractivity contribution in [3.8, 4) is 11.4 Å². The lowest BCUT2D eigenvalue weighted by Crippen LogP contribution is -2.54. The minimum absolute atomic E-state index is 0.0182. The molecule has 0 unspecified atom stereocenters. The van der Waals surface area contributed by atoms with Crippen molar-refractivity contribution in [3.63, 3.8) is 0 Å². The monoisotopic (exact) mass is 577 g/mol. The smallest absolute Gasteiger partial charge is 0.336 e. The molecule has 4 amide bonds. The average Bonchev–Trinajstić information content (AvgIpc) is 3.21. The quantitative estimate of drug-likeness (QED) is 0.202. The number of carbonyl (C=O) groups excluding carboxylic acids is 3. The van der Waals surface area contributed by atoms with E-state index in [0.717, 1.165) is 27.5 Å². The molecule has 1 aliphatic heterocycles. The number of hydrogen-bond acceptors (Lipinski definition) is 4. The lowest BCUT2D eigenvalue weighted by Gasteiger charge is -2.27. The van der Waals surface area contributed by atoms with Gasteiger partial charge in [-0.25, -0.2) is 14.1 Å². The van der Waals surface area contributed by atoms with Crippen LogP contribution in [0.5, 0.6) is 5.75 Å². The zero-order chi connectivity index (χ0) is 28.6. The number of halogens is 3. The lowest BCUT2D eigenvalue weighted by atomic mass is 10.1. The maximum Gasteiger partial charge on any atom is 0.336 e. The Morgan fingerprint density at radius 1 is 0.950 bits per heavy atom. The number of nitrogens with zero attached hydrogens (tertiary/aromatic N) is 2. The molecule has 2 heterocycles. The van der Waals surface area contributed by atoms with E-state index in [1.165, 1.54) is 30.3 Å². The van der Waals surface area contributed by atoms with Gasteiger partial charge in [-0.15, -0.1) is 0 Å². The van der Waals surface area contributed by atoms with Gasteiger partial charge in [0, 0.05) is 17.1 Å². The summed E-state index contributed by atoms with van der Waals surface area (Å²) < 4.78 is 20.9. The molecule has 1 saturated heterocycles. The molecule has 0 bridgehead atoms. The van der Waals surface area contributed by atoms with Gasteiger partial charge in [-0.05, 0) is 85.6 Å². The summed E-state index contributed by atoms with van der Waals surface area (Å²) in [7, 11) is 0. The highest BCUT2D eigenvalue weighted by atomic mass is 35.5. The Hall–Kier alpha value is -4.40. The van der Waals surface area contributed by atoms with Crippen LogP contribution >= 0.6 is 23.2 Å². The number of benzene rings is 3. The summed E-state index contributed by atoms with van der Waals surface area (Å²) in [6, 6.07) is 19.0. The van der Waals surface area contributed by atoms with Crippen LogP contribution in [0.25, 0.3) is 11.8 Å². The SMILES string of the molecule is Cc1cc(/C=C2\C(=O)NC(=O)N(c3cccc(Cl)c3Cl)C2=O)c(C)n1-c1ccc(OCc2ccc(F)cc2)cc1. The molecule has 4 aromatic rings. The predicted molar refractivity (Wildman–Crippen MR) is 151 cm³/mol. The molecule has 3 aromatic carbocycles. The van der Waals surface area contributed by atoms with Crippen molar-refractivity contribution < 1.29 is 23.5 Å². The summed E-state index contributed by atoms with van der Waals surface area (Å²) >= 11 is 12.3. The Kier molecular flexibility index (Phi) is 7.47. The van der Waals surface area contributed by atoms with Crippen LogP contribution in [0.1, 0.15) is 22.5 Å². The summed E-state index contributed by atoms with van der Waals surface area (Å²) in [6.07, 6.45) is 1.45. The number of hydrogen-bond donors (Lipinski definition) is 1. The van der Waals surface area contributed by atoms with Crippen LogP contribution in [0.4, 0.5) is 14.9 Å². The van der Waals surface area contributed by atoms with Crippen molar-refractivity contribution in [1.82, 2.24) is 9.88 Å². The molecule has 202 valence electrons. The maximum atomic E-state index is 13.3. The van der Waals surface area contributed by atoms with Crippen LogP contribution in [0.3, 0.4) is 0 Å². The van der Waals surface area contributed by atoms with E-state index >= 15 is 0 Å². The van der Waals surface area contributed by atoms with Crippen molar-refractivity contribution in [3.05, 3.63) is 117 Å². The highest BCUT2D eigenvalue weighted by Gasteiger charge is 2.38. The number of barbiturate groups is 1. The molecule has 0 atom stereocenters. The van der Waals surface area contributed by atoms with Gasteiger partial charge >= 0.3 is 6.03 Å². The van der Waals surface area contributed by atoms with Gasteiger partial charge in [0.25, 0.3) is 11.8 Å². The Balaban J connectivity index is 1.41. The summed E-state index contributed by atoms with van der Waals surface area (Å²) in [4.78, 5) is 39.4. The van der Waals surface area contributed by atoms with E-state index in [1.54, 1.807) is 18.2 Å². The largest absolute Gasteiger partial charge is 0.489 e. The molecule has 0 saturated carbocycles. The molecular formula is C30H22Cl2FN3O4. The van der Waals surface area contributed by atoms with Gasteiger partial charge in [0.15, 0.2) is 0 Å². The fourth-order valence-electron chi connectivity index (χ4n) is 4.47. The van der Waals surface area contributed by atoms with Gasteiger partial charge < -0.3 is 9.30 Å². The first-order valence-electron chi connectivity index (χ1n) is 12.2. The average molecular weight is 578 g/mol. The molecule has 0 radical (unpaired) electrons. The number of aromatic nitrogens is 1. The van der Waals surface area contributed by atoms with Crippen LogP contribution in [0.15, 0.2) is 78.4 Å². The van der Waals surface area contributed by atoms with Crippen LogP contribution in [0.2, 0.25) is 10.0 Å². The van der Waals surface area contributed by atoms with Crippen LogP contribution in [0, 0.1) is 19.7 Å². The van der Waals surface area contributed by atoms with Crippen molar-refractivity contribution in [2.75, 3.05) is 4.90 Å². The second-order valence-electron chi connectivity index (χ2n) is 9.10. The molecule has 40 heavy (non-hydrogen) atoms. The van der Waals surface area contributed by atoms with Crippen LogP contribution < -0.4 is 15.0 Å². The van der Waals surface area contributed by atoms with E-state index in [-0.39, 0.29) is 27.1 Å². The van der Waals surface area contributed by atoms with E-state index in [1.807, 2.05) is 48.7 Å². The van der Waals surface area contributed by atoms with Gasteiger partial charge in [0.2, 0.25) is 0 Å². The van der Waals surface area contributed by atoms with E-state index in [2.05, 4.69) is 5.32 Å². The molecule has 1 fully saturated rings. The van der Waals surface area contributed by atoms with E-state index < -0.39 is 17.8 Å². The third-order valence-corrected chi connectivity index (χ3v) is 7.27. The molecule has 1 aliphatic rings. The third-order valence-electron chi connectivity index (χ3n) is 6.46. The normalized spacial score (nSPS) is 14.6. The fraction of sp³-hybridized carbons (Fsp3) is 0.100. The number of nitrogens with one attached hydrogen (secondary N) is 1. The number of rotatable bonds is 6. The molecular weight excluding hydrogens is 556 g/mol. The van der Waals surface area contributed by atoms with Crippen LogP contribution in [-0.4, -0.2) is 22.4 Å². The molecule has 0 spiro atoms. The number of carbonyl (C=O) groups is 3. The van der Waals surface area contributed by atoms with Gasteiger partial charge in [-0.2, -0.15) is 0 Å². The predicted octanol–water partition coefficient (Wildman–Crippen LogP) is 6.79. The Morgan fingerprint density at radius 3 is 2.35 bits per heavy atom. The lowest BCUT2D eigenvalue weighted by molar-refractivity contribution is -0.122. The molecule has 5 rings (SSSR count). The summed E-state index contributed by atoms with van der Waals surface area (Å²) in [6.45, 7) is 4.06. The first-order valence-corrected chi connectivity index (χ1v) is 12.9. The zero-order valence-corrected chi connectivity index (χ0v) is 22.9. The number of imide groups is 2. The third kappa shape index (κ3) is 5.23. The molecule has 0 aliphatic carbocycles. The molecule has 1 N–H and O–H groups in total. The topological polar surface area (TPSA) is 80.6 Å². The minimum atomic E-state index is -0.913. The van der Waals surface area contributed by atoms with Crippen molar-refractivity contribution in [2.45, 2.75) is 20.5 Å². The van der Waals surface area contributed by atoms with Gasteiger partial charge in [-0.1, -0.05) is 41.4 Å². The van der Waals surface area contributed by atoms with Crippen molar-refractivity contribution in [1.29, 1.82) is 0 Å². The zero-order valence-electron chi connectivity index (χ0n) is 21.4. The number of aryl methyl sites for hydroxylation is 1. The highest BCUT2D eigenvalue weighted by molar-refractivity contribution is 6.46. The van der Waals surface area contributed by atoms with Crippen molar-refractivity contribution in [2.24, 2.45) is 0 Å². The van der Waals surface area contributed by atoms with E-state index in [0.29, 0.717) is 17.9 Å². The molecule has 10 heteroatoms. The summed E-state index contributed by atoms with van der Waals surface area (Å²) in [5.74, 6) is -1.28. The second kappa shape index (κ2) is 11.0. The number of anilines is 1. The Bertz CT molecular complexity index is 1680. The van der Waals surface area contributed by atoms with Gasteiger partial charge in [-0.3, -0.25) is 14.9 Å². The molecule has 1 aromatic heterocycles. The Labute approximate surface area is 239 Å².